The lowest BCUT2D eigenvalue weighted by molar-refractivity contribution is 0.0643. The molecule has 1 aliphatic heterocycles. The number of fused-ring (bicyclic) bond motifs is 1. The lowest BCUT2D eigenvalue weighted by Gasteiger charge is -2.36. The molecule has 4 rings (SSSR count). The molecule has 26 heavy (non-hydrogen) atoms. The summed E-state index contributed by atoms with van der Waals surface area (Å²) in [6.45, 7) is 3.40. The molecular formula is C21H22N2O2S. The number of amides is 1. The van der Waals surface area contributed by atoms with Gasteiger partial charge in [0, 0.05) is 23.5 Å². The number of carbonyl (C=O) groups excluding carboxylic acids is 1. The standard InChI is InChI=1S/C21H22N2O2S/c1-21(22)10-12-23(13-11-21)20(24)18-8-9-19(25-18)26-17-7-6-15-4-2-3-5-16(15)14-17/h2-9,14H,10-13,22H2,1H3. The summed E-state index contributed by atoms with van der Waals surface area (Å²) >= 11 is 1.53. The predicted molar refractivity (Wildman–Crippen MR) is 105 cm³/mol. The number of furan rings is 1. The first-order valence-electron chi connectivity index (χ1n) is 8.85. The van der Waals surface area contributed by atoms with Crippen LogP contribution in [0.15, 0.2) is 69.0 Å². The van der Waals surface area contributed by atoms with Crippen LogP contribution >= 0.6 is 11.8 Å². The van der Waals surface area contributed by atoms with Crippen LogP contribution < -0.4 is 5.73 Å². The highest BCUT2D eigenvalue weighted by Crippen LogP contribution is 2.32. The SMILES string of the molecule is CC1(N)CCN(C(=O)c2ccc(Sc3ccc4ccccc4c3)o2)CC1. The van der Waals surface area contributed by atoms with Gasteiger partial charge in [0.15, 0.2) is 10.9 Å². The van der Waals surface area contributed by atoms with E-state index < -0.39 is 0 Å². The molecule has 1 aliphatic rings. The third-order valence-electron chi connectivity index (χ3n) is 4.92. The number of nitrogens with zero attached hydrogens (tertiary/aromatic N) is 1. The smallest absolute Gasteiger partial charge is 0.289 e. The molecule has 0 saturated carbocycles. The molecular weight excluding hydrogens is 344 g/mol. The molecule has 2 N–H and O–H groups in total. The van der Waals surface area contributed by atoms with Gasteiger partial charge >= 0.3 is 0 Å². The van der Waals surface area contributed by atoms with Gasteiger partial charge in [0.2, 0.25) is 0 Å². The van der Waals surface area contributed by atoms with Gasteiger partial charge < -0.3 is 15.1 Å². The summed E-state index contributed by atoms with van der Waals surface area (Å²) in [7, 11) is 0. The number of likely N-dealkylation sites (tertiary alicyclic amines) is 1. The van der Waals surface area contributed by atoms with Crippen LogP contribution in [0.5, 0.6) is 0 Å². The Kier molecular flexibility index (Phi) is 4.51. The molecule has 3 aromatic rings. The van der Waals surface area contributed by atoms with Crippen molar-refractivity contribution < 1.29 is 9.21 Å². The minimum atomic E-state index is -0.170. The van der Waals surface area contributed by atoms with Gasteiger partial charge in [-0.2, -0.15) is 0 Å². The van der Waals surface area contributed by atoms with E-state index in [1.807, 2.05) is 30.0 Å². The van der Waals surface area contributed by atoms with Gasteiger partial charge in [0.25, 0.3) is 5.91 Å². The fraction of sp³-hybridized carbons (Fsp3) is 0.286. The maximum Gasteiger partial charge on any atom is 0.289 e. The Morgan fingerprint density at radius 3 is 2.58 bits per heavy atom. The summed E-state index contributed by atoms with van der Waals surface area (Å²) in [5, 5.41) is 3.13. The molecule has 2 aromatic carbocycles. The molecule has 5 heteroatoms. The monoisotopic (exact) mass is 366 g/mol. The van der Waals surface area contributed by atoms with Crippen molar-refractivity contribution in [2.75, 3.05) is 13.1 Å². The number of piperidine rings is 1. The average Bonchev–Trinajstić information content (AvgIpc) is 3.09. The fourth-order valence-electron chi connectivity index (χ4n) is 3.21. The molecule has 2 heterocycles. The van der Waals surface area contributed by atoms with Crippen molar-refractivity contribution in [3.63, 3.8) is 0 Å². The highest BCUT2D eigenvalue weighted by molar-refractivity contribution is 7.99. The van der Waals surface area contributed by atoms with Crippen LogP contribution in [0.25, 0.3) is 10.8 Å². The van der Waals surface area contributed by atoms with Crippen molar-refractivity contribution >= 4 is 28.4 Å². The van der Waals surface area contributed by atoms with Crippen molar-refractivity contribution in [3.05, 3.63) is 60.4 Å². The second-order valence-electron chi connectivity index (χ2n) is 7.18. The molecule has 1 fully saturated rings. The minimum absolute atomic E-state index is 0.0501. The largest absolute Gasteiger partial charge is 0.444 e. The number of nitrogens with two attached hydrogens (primary N) is 1. The van der Waals surface area contributed by atoms with Crippen molar-refractivity contribution in [1.82, 2.24) is 4.90 Å². The lowest BCUT2D eigenvalue weighted by atomic mass is 9.91. The van der Waals surface area contributed by atoms with Gasteiger partial charge in [-0.05, 0) is 54.8 Å². The lowest BCUT2D eigenvalue weighted by Crippen LogP contribution is -2.49. The third kappa shape index (κ3) is 3.64. The van der Waals surface area contributed by atoms with E-state index in [2.05, 4.69) is 30.3 Å². The van der Waals surface area contributed by atoms with Gasteiger partial charge in [0.1, 0.15) is 0 Å². The summed E-state index contributed by atoms with van der Waals surface area (Å²) in [6, 6.07) is 18.2. The van der Waals surface area contributed by atoms with Crippen LogP contribution in [0.2, 0.25) is 0 Å². The van der Waals surface area contributed by atoms with Crippen LogP contribution in [-0.2, 0) is 0 Å². The quantitative estimate of drug-likeness (QED) is 0.739. The van der Waals surface area contributed by atoms with Gasteiger partial charge in [-0.3, -0.25) is 4.79 Å². The third-order valence-corrected chi connectivity index (χ3v) is 5.83. The Morgan fingerprint density at radius 2 is 1.81 bits per heavy atom. The van der Waals surface area contributed by atoms with E-state index >= 15 is 0 Å². The zero-order chi connectivity index (χ0) is 18.1. The van der Waals surface area contributed by atoms with E-state index in [4.69, 9.17) is 10.2 Å². The van der Waals surface area contributed by atoms with Crippen LogP contribution in [-0.4, -0.2) is 29.4 Å². The molecule has 1 amide bonds. The minimum Gasteiger partial charge on any atom is -0.444 e. The van der Waals surface area contributed by atoms with Crippen molar-refractivity contribution in [1.29, 1.82) is 0 Å². The number of benzene rings is 2. The van der Waals surface area contributed by atoms with Crippen LogP contribution in [0.4, 0.5) is 0 Å². The molecule has 0 radical (unpaired) electrons. The average molecular weight is 366 g/mol. The van der Waals surface area contributed by atoms with E-state index in [0.29, 0.717) is 18.8 Å². The Balaban J connectivity index is 1.46. The molecule has 1 saturated heterocycles. The Bertz CT molecular complexity index is 938. The maximum atomic E-state index is 12.6. The summed E-state index contributed by atoms with van der Waals surface area (Å²) in [6.07, 6.45) is 1.64. The number of rotatable bonds is 3. The highest BCUT2D eigenvalue weighted by atomic mass is 32.2. The first-order valence-corrected chi connectivity index (χ1v) is 9.67. The van der Waals surface area contributed by atoms with Gasteiger partial charge in [0.05, 0.1) is 0 Å². The van der Waals surface area contributed by atoms with E-state index in [0.717, 1.165) is 22.8 Å². The van der Waals surface area contributed by atoms with Crippen LogP contribution in [0.3, 0.4) is 0 Å². The maximum absolute atomic E-state index is 12.6. The molecule has 1 aromatic heterocycles. The van der Waals surface area contributed by atoms with E-state index in [1.165, 1.54) is 22.5 Å². The molecule has 134 valence electrons. The van der Waals surface area contributed by atoms with Crippen molar-refractivity contribution in [2.24, 2.45) is 5.73 Å². The molecule has 0 spiro atoms. The number of hydrogen-bond donors (Lipinski definition) is 1. The number of hydrogen-bond acceptors (Lipinski definition) is 4. The number of carbonyl (C=O) groups is 1. The van der Waals surface area contributed by atoms with E-state index in [1.54, 1.807) is 6.07 Å². The van der Waals surface area contributed by atoms with Crippen molar-refractivity contribution in [3.8, 4) is 0 Å². The van der Waals surface area contributed by atoms with Gasteiger partial charge in [-0.15, -0.1) is 0 Å². The Hall–Kier alpha value is -2.24. The van der Waals surface area contributed by atoms with Crippen molar-refractivity contribution in [2.45, 2.75) is 35.3 Å². The van der Waals surface area contributed by atoms with Gasteiger partial charge in [-0.1, -0.05) is 42.1 Å². The summed E-state index contributed by atoms with van der Waals surface area (Å²) < 4.78 is 5.81. The summed E-state index contributed by atoms with van der Waals surface area (Å²) in [4.78, 5) is 15.6. The summed E-state index contributed by atoms with van der Waals surface area (Å²) in [5.41, 5.74) is 5.97. The van der Waals surface area contributed by atoms with Crippen LogP contribution in [0.1, 0.15) is 30.3 Å². The Labute approximate surface area is 157 Å². The normalized spacial score (nSPS) is 16.8. The molecule has 0 unspecified atom stereocenters. The second kappa shape index (κ2) is 6.82. The Morgan fingerprint density at radius 1 is 1.08 bits per heavy atom. The van der Waals surface area contributed by atoms with Crippen LogP contribution in [0, 0.1) is 0 Å². The highest BCUT2D eigenvalue weighted by Gasteiger charge is 2.29. The molecule has 0 atom stereocenters. The fourth-order valence-corrected chi connectivity index (χ4v) is 4.04. The first-order chi connectivity index (χ1) is 12.5. The molecule has 0 aliphatic carbocycles. The van der Waals surface area contributed by atoms with E-state index in [-0.39, 0.29) is 11.4 Å². The van der Waals surface area contributed by atoms with Gasteiger partial charge in [-0.25, -0.2) is 0 Å². The molecule has 0 bridgehead atoms. The summed E-state index contributed by atoms with van der Waals surface area (Å²) in [5.74, 6) is 0.347. The topological polar surface area (TPSA) is 59.5 Å². The zero-order valence-corrected chi connectivity index (χ0v) is 15.6. The predicted octanol–water partition coefficient (Wildman–Crippen LogP) is 4.54. The first kappa shape index (κ1) is 17.2. The molecule has 4 nitrogen and oxygen atoms in total. The second-order valence-corrected chi connectivity index (χ2v) is 8.25. The zero-order valence-electron chi connectivity index (χ0n) is 14.8. The van der Waals surface area contributed by atoms with E-state index in [9.17, 15) is 4.79 Å².